The number of hydrogen-bond donors (Lipinski definition) is 2. The highest BCUT2D eigenvalue weighted by Crippen LogP contribution is 2.35. The lowest BCUT2D eigenvalue weighted by Gasteiger charge is -2.38. The van der Waals surface area contributed by atoms with Gasteiger partial charge in [0.1, 0.15) is 5.60 Å². The number of carbonyl (C=O) groups excluding carboxylic acids is 1. The number of amides is 1. The molecule has 5 heteroatoms. The number of carbonyl (C=O) groups is 1. The molecule has 0 heterocycles. The minimum atomic E-state index is -0.437. The van der Waals surface area contributed by atoms with Crippen LogP contribution in [0.4, 0.5) is 4.79 Å². The monoisotopic (exact) mass is 380 g/mol. The molecule has 1 amide bonds. The summed E-state index contributed by atoms with van der Waals surface area (Å²) in [7, 11) is 0. The number of alkyl carbamates (subject to hydrolysis) is 1. The SMILES string of the molecule is CC(C)(C)OC(=O)NC1CC(NC2CCc3cc(Br)ccc32)C1. The average molecular weight is 381 g/mol. The largest absolute Gasteiger partial charge is 0.444 e. The Morgan fingerprint density at radius 3 is 2.70 bits per heavy atom. The van der Waals surface area contributed by atoms with Crippen molar-refractivity contribution < 1.29 is 9.53 Å². The van der Waals surface area contributed by atoms with E-state index >= 15 is 0 Å². The molecule has 0 spiro atoms. The van der Waals surface area contributed by atoms with Gasteiger partial charge in [-0.05, 0) is 69.7 Å². The van der Waals surface area contributed by atoms with Gasteiger partial charge in [-0.3, -0.25) is 0 Å². The van der Waals surface area contributed by atoms with Crippen LogP contribution in [0.25, 0.3) is 0 Å². The molecule has 2 aliphatic rings. The molecule has 0 aliphatic heterocycles. The number of rotatable bonds is 3. The Kier molecular flexibility index (Phi) is 4.70. The van der Waals surface area contributed by atoms with Crippen LogP contribution in [0.15, 0.2) is 22.7 Å². The molecule has 1 aromatic rings. The van der Waals surface area contributed by atoms with E-state index < -0.39 is 5.60 Å². The summed E-state index contributed by atoms with van der Waals surface area (Å²) in [4.78, 5) is 11.8. The summed E-state index contributed by atoms with van der Waals surface area (Å²) in [5.41, 5.74) is 2.43. The van der Waals surface area contributed by atoms with Gasteiger partial charge in [0.15, 0.2) is 0 Å². The van der Waals surface area contributed by atoms with Crippen LogP contribution in [0.2, 0.25) is 0 Å². The standard InChI is InChI=1S/C18H25BrN2O2/c1-18(2,3)23-17(22)21-14-9-13(10-14)20-16-7-4-11-8-12(19)5-6-15(11)16/h5-6,8,13-14,16,20H,4,7,9-10H2,1-3H3,(H,21,22). The minimum Gasteiger partial charge on any atom is -0.444 e. The van der Waals surface area contributed by atoms with Gasteiger partial charge in [0.05, 0.1) is 0 Å². The second kappa shape index (κ2) is 6.44. The van der Waals surface area contributed by atoms with Crippen molar-refractivity contribution in [2.75, 3.05) is 0 Å². The molecule has 0 aromatic heterocycles. The quantitative estimate of drug-likeness (QED) is 0.830. The van der Waals surface area contributed by atoms with Gasteiger partial charge in [0.25, 0.3) is 0 Å². The van der Waals surface area contributed by atoms with E-state index in [9.17, 15) is 4.79 Å². The summed E-state index contributed by atoms with van der Waals surface area (Å²) < 4.78 is 6.45. The number of halogens is 1. The third-order valence-corrected chi connectivity index (χ3v) is 4.97. The number of nitrogens with one attached hydrogen (secondary N) is 2. The fourth-order valence-electron chi connectivity index (χ4n) is 3.39. The topological polar surface area (TPSA) is 50.4 Å². The van der Waals surface area contributed by atoms with Gasteiger partial charge < -0.3 is 15.4 Å². The van der Waals surface area contributed by atoms with Crippen molar-refractivity contribution >= 4 is 22.0 Å². The van der Waals surface area contributed by atoms with E-state index in [1.807, 2.05) is 20.8 Å². The zero-order chi connectivity index (χ0) is 16.6. The molecular formula is C18H25BrN2O2. The maximum absolute atomic E-state index is 11.8. The Balaban J connectivity index is 1.44. The van der Waals surface area contributed by atoms with E-state index in [-0.39, 0.29) is 12.1 Å². The predicted octanol–water partition coefficient (Wildman–Crippen LogP) is 4.08. The first-order valence-corrected chi connectivity index (χ1v) is 9.13. The smallest absolute Gasteiger partial charge is 0.407 e. The highest BCUT2D eigenvalue weighted by atomic mass is 79.9. The van der Waals surface area contributed by atoms with Crippen LogP contribution >= 0.6 is 15.9 Å². The van der Waals surface area contributed by atoms with Gasteiger partial charge in [-0.15, -0.1) is 0 Å². The first-order chi connectivity index (χ1) is 10.8. The third kappa shape index (κ3) is 4.27. The van der Waals surface area contributed by atoms with E-state index in [0.29, 0.717) is 12.1 Å². The molecule has 1 unspecified atom stereocenters. The van der Waals surface area contributed by atoms with Crippen molar-refractivity contribution in [3.05, 3.63) is 33.8 Å². The average Bonchev–Trinajstić information content (AvgIpc) is 2.76. The normalized spacial score (nSPS) is 26.3. The fraction of sp³-hybridized carbons (Fsp3) is 0.611. The van der Waals surface area contributed by atoms with Gasteiger partial charge in [0.2, 0.25) is 0 Å². The zero-order valence-corrected chi connectivity index (χ0v) is 15.6. The van der Waals surface area contributed by atoms with Crippen LogP contribution in [-0.4, -0.2) is 23.8 Å². The zero-order valence-electron chi connectivity index (χ0n) is 14.0. The summed E-state index contributed by atoms with van der Waals surface area (Å²) in [5.74, 6) is 0. The molecular weight excluding hydrogens is 356 g/mol. The van der Waals surface area contributed by atoms with Crippen LogP contribution in [-0.2, 0) is 11.2 Å². The molecule has 1 fully saturated rings. The highest BCUT2D eigenvalue weighted by Gasteiger charge is 2.34. The molecule has 23 heavy (non-hydrogen) atoms. The molecule has 1 aromatic carbocycles. The lowest BCUT2D eigenvalue weighted by Crippen LogP contribution is -2.53. The van der Waals surface area contributed by atoms with Crippen molar-refractivity contribution in [3.8, 4) is 0 Å². The number of benzene rings is 1. The summed E-state index contributed by atoms with van der Waals surface area (Å²) in [6.45, 7) is 5.65. The van der Waals surface area contributed by atoms with Gasteiger partial charge in [-0.1, -0.05) is 22.0 Å². The number of fused-ring (bicyclic) bond motifs is 1. The maximum atomic E-state index is 11.8. The Hall–Kier alpha value is -1.07. The van der Waals surface area contributed by atoms with Crippen molar-refractivity contribution in [2.24, 2.45) is 0 Å². The summed E-state index contributed by atoms with van der Waals surface area (Å²) >= 11 is 3.54. The van der Waals surface area contributed by atoms with Crippen LogP contribution in [0.3, 0.4) is 0 Å². The Morgan fingerprint density at radius 2 is 2.00 bits per heavy atom. The molecule has 1 atom stereocenters. The minimum absolute atomic E-state index is 0.230. The van der Waals surface area contributed by atoms with Crippen LogP contribution in [0.1, 0.15) is 57.2 Å². The van der Waals surface area contributed by atoms with E-state index in [1.165, 1.54) is 11.1 Å². The number of aryl methyl sites for hydroxylation is 1. The fourth-order valence-corrected chi connectivity index (χ4v) is 3.80. The van der Waals surface area contributed by atoms with Gasteiger partial charge in [-0.2, -0.15) is 0 Å². The molecule has 0 bridgehead atoms. The lowest BCUT2D eigenvalue weighted by molar-refractivity contribution is 0.0463. The number of ether oxygens (including phenoxy) is 1. The summed E-state index contributed by atoms with van der Waals surface area (Å²) in [5, 5.41) is 6.68. The maximum Gasteiger partial charge on any atom is 0.407 e. The van der Waals surface area contributed by atoms with Crippen molar-refractivity contribution in [2.45, 2.75) is 70.2 Å². The molecule has 0 saturated heterocycles. The molecule has 126 valence electrons. The Bertz CT molecular complexity index is 591. The second-order valence-electron chi connectivity index (χ2n) is 7.61. The molecule has 0 radical (unpaired) electrons. The van der Waals surface area contributed by atoms with Crippen LogP contribution in [0.5, 0.6) is 0 Å². The van der Waals surface area contributed by atoms with E-state index in [0.717, 1.165) is 30.2 Å². The van der Waals surface area contributed by atoms with Crippen molar-refractivity contribution in [1.82, 2.24) is 10.6 Å². The van der Waals surface area contributed by atoms with Gasteiger partial charge in [0, 0.05) is 22.6 Å². The van der Waals surface area contributed by atoms with E-state index in [1.54, 1.807) is 0 Å². The Labute approximate surface area is 146 Å². The second-order valence-corrected chi connectivity index (χ2v) is 8.53. The first-order valence-electron chi connectivity index (χ1n) is 8.34. The number of hydrogen-bond acceptors (Lipinski definition) is 3. The summed E-state index contributed by atoms with van der Waals surface area (Å²) in [6.07, 6.45) is 3.94. The van der Waals surface area contributed by atoms with Crippen molar-refractivity contribution in [3.63, 3.8) is 0 Å². The highest BCUT2D eigenvalue weighted by molar-refractivity contribution is 9.10. The molecule has 2 aliphatic carbocycles. The summed E-state index contributed by atoms with van der Waals surface area (Å²) in [6, 6.07) is 7.73. The van der Waals surface area contributed by atoms with Crippen molar-refractivity contribution in [1.29, 1.82) is 0 Å². The molecule has 4 nitrogen and oxygen atoms in total. The lowest BCUT2D eigenvalue weighted by atomic mass is 9.86. The van der Waals surface area contributed by atoms with Crippen LogP contribution in [0, 0.1) is 0 Å². The van der Waals surface area contributed by atoms with Gasteiger partial charge >= 0.3 is 6.09 Å². The van der Waals surface area contributed by atoms with E-state index in [4.69, 9.17) is 4.74 Å². The Morgan fingerprint density at radius 1 is 1.26 bits per heavy atom. The van der Waals surface area contributed by atoms with Crippen LogP contribution < -0.4 is 10.6 Å². The predicted molar refractivity (Wildman–Crippen MR) is 94.5 cm³/mol. The van der Waals surface area contributed by atoms with Gasteiger partial charge in [-0.25, -0.2) is 4.79 Å². The molecule has 2 N–H and O–H groups in total. The molecule has 1 saturated carbocycles. The third-order valence-electron chi connectivity index (χ3n) is 4.48. The van der Waals surface area contributed by atoms with E-state index in [2.05, 4.69) is 44.8 Å². The molecule has 3 rings (SSSR count). The first kappa shape index (κ1) is 16.8.